The first-order valence-electron chi connectivity index (χ1n) is 8.55. The van der Waals surface area contributed by atoms with Gasteiger partial charge in [-0.3, -0.25) is 9.78 Å². The van der Waals surface area contributed by atoms with Gasteiger partial charge in [-0.2, -0.15) is 0 Å². The average Bonchev–Trinajstić information content (AvgIpc) is 2.73. The molecule has 28 heavy (non-hydrogen) atoms. The van der Waals surface area contributed by atoms with Gasteiger partial charge in [-0.05, 0) is 29.6 Å². The van der Waals surface area contributed by atoms with Gasteiger partial charge in [0.25, 0.3) is 0 Å². The van der Waals surface area contributed by atoms with E-state index in [0.29, 0.717) is 39.3 Å². The minimum atomic E-state index is -0.351. The van der Waals surface area contributed by atoms with Crippen LogP contribution in [0.1, 0.15) is 10.4 Å². The number of nitrogens with zero attached hydrogens (tertiary/aromatic N) is 2. The first kappa shape index (κ1) is 18.2. The average molecular weight is 390 g/mol. The monoisotopic (exact) mass is 390 g/mol. The molecule has 0 saturated heterocycles. The standard InChI is InChI=1S/C22H16FN2O2P/c1-27-22-10-20(24-11-17(22)15-4-2-3-5-18(15)23)21-8-13(12-26)16-9-14(28)6-7-19(16)25-21/h2-12H,28H2,1H3. The summed E-state index contributed by atoms with van der Waals surface area (Å²) in [5, 5.41) is 1.75. The van der Waals surface area contributed by atoms with E-state index < -0.39 is 0 Å². The van der Waals surface area contributed by atoms with E-state index in [0.717, 1.165) is 17.0 Å². The highest BCUT2D eigenvalue weighted by molar-refractivity contribution is 7.27. The fraction of sp³-hybridized carbons (Fsp3) is 0.0455. The summed E-state index contributed by atoms with van der Waals surface area (Å²) in [7, 11) is 4.13. The molecule has 1 atom stereocenters. The van der Waals surface area contributed by atoms with Crippen molar-refractivity contribution in [1.29, 1.82) is 0 Å². The second-order valence-electron chi connectivity index (χ2n) is 6.24. The highest BCUT2D eigenvalue weighted by atomic mass is 31.0. The van der Waals surface area contributed by atoms with Crippen LogP contribution in [0.25, 0.3) is 33.4 Å². The summed E-state index contributed by atoms with van der Waals surface area (Å²) in [6.45, 7) is 0. The molecule has 4 rings (SSSR count). The Morgan fingerprint density at radius 3 is 2.61 bits per heavy atom. The van der Waals surface area contributed by atoms with Gasteiger partial charge in [-0.1, -0.05) is 24.3 Å². The Balaban J connectivity index is 1.87. The molecule has 0 bridgehead atoms. The molecule has 1 unspecified atom stereocenters. The van der Waals surface area contributed by atoms with E-state index in [9.17, 15) is 9.18 Å². The molecule has 0 fully saturated rings. The van der Waals surface area contributed by atoms with Crippen molar-refractivity contribution in [2.75, 3.05) is 7.11 Å². The number of carbonyl (C=O) groups excluding carboxylic acids is 1. The second kappa shape index (κ2) is 7.45. The van der Waals surface area contributed by atoms with Crippen LogP contribution in [0.2, 0.25) is 0 Å². The third kappa shape index (κ3) is 3.25. The smallest absolute Gasteiger partial charge is 0.150 e. The van der Waals surface area contributed by atoms with Crippen molar-refractivity contribution in [2.24, 2.45) is 0 Å². The second-order valence-corrected chi connectivity index (χ2v) is 6.91. The molecule has 0 aliphatic rings. The molecule has 2 aromatic carbocycles. The van der Waals surface area contributed by atoms with Gasteiger partial charge in [0.15, 0.2) is 6.29 Å². The number of methoxy groups -OCH3 is 1. The summed E-state index contributed by atoms with van der Waals surface area (Å²) >= 11 is 0. The lowest BCUT2D eigenvalue weighted by atomic mass is 10.0. The molecule has 0 aliphatic carbocycles. The molecule has 2 heterocycles. The number of pyridine rings is 2. The minimum Gasteiger partial charge on any atom is -0.496 e. The van der Waals surface area contributed by atoms with Crippen molar-refractivity contribution in [3.8, 4) is 28.3 Å². The molecular weight excluding hydrogens is 374 g/mol. The Labute approximate surface area is 163 Å². The van der Waals surface area contributed by atoms with Crippen molar-refractivity contribution in [1.82, 2.24) is 9.97 Å². The molecule has 6 heteroatoms. The van der Waals surface area contributed by atoms with Gasteiger partial charge in [0.2, 0.25) is 0 Å². The number of hydrogen-bond acceptors (Lipinski definition) is 4. The normalized spacial score (nSPS) is 10.8. The number of rotatable bonds is 4. The van der Waals surface area contributed by atoms with Crippen LogP contribution < -0.4 is 10.0 Å². The van der Waals surface area contributed by atoms with E-state index in [-0.39, 0.29) is 5.82 Å². The lowest BCUT2D eigenvalue weighted by Gasteiger charge is -2.12. The van der Waals surface area contributed by atoms with E-state index in [1.807, 2.05) is 18.2 Å². The van der Waals surface area contributed by atoms with Crippen LogP contribution >= 0.6 is 9.24 Å². The number of fused-ring (bicyclic) bond motifs is 1. The van der Waals surface area contributed by atoms with Crippen molar-refractivity contribution in [3.05, 3.63) is 72.2 Å². The summed E-state index contributed by atoms with van der Waals surface area (Å²) in [6.07, 6.45) is 2.37. The van der Waals surface area contributed by atoms with Crippen LogP contribution in [0.5, 0.6) is 5.75 Å². The largest absolute Gasteiger partial charge is 0.496 e. The van der Waals surface area contributed by atoms with Gasteiger partial charge in [0.1, 0.15) is 11.6 Å². The van der Waals surface area contributed by atoms with Gasteiger partial charge in [0, 0.05) is 34.3 Å². The molecule has 4 nitrogen and oxygen atoms in total. The third-order valence-electron chi connectivity index (χ3n) is 4.50. The van der Waals surface area contributed by atoms with Crippen LogP contribution in [-0.2, 0) is 0 Å². The number of hydrogen-bond donors (Lipinski definition) is 0. The molecule has 0 radical (unpaired) electrons. The summed E-state index contributed by atoms with van der Waals surface area (Å²) in [4.78, 5) is 20.7. The maximum atomic E-state index is 14.2. The molecule has 0 N–H and O–H groups in total. The maximum Gasteiger partial charge on any atom is 0.150 e. The fourth-order valence-corrected chi connectivity index (χ4v) is 3.39. The summed E-state index contributed by atoms with van der Waals surface area (Å²) < 4.78 is 19.7. The lowest BCUT2D eigenvalue weighted by Crippen LogP contribution is -1.98. The van der Waals surface area contributed by atoms with Crippen LogP contribution in [0.4, 0.5) is 4.39 Å². The first-order chi connectivity index (χ1) is 13.6. The molecule has 4 aromatic rings. The van der Waals surface area contributed by atoms with Crippen LogP contribution in [0, 0.1) is 5.82 Å². The van der Waals surface area contributed by atoms with Crippen molar-refractivity contribution < 1.29 is 13.9 Å². The van der Waals surface area contributed by atoms with Gasteiger partial charge >= 0.3 is 0 Å². The molecule has 2 aromatic heterocycles. The SMILES string of the molecule is COc1cc(-c2cc(C=O)c3cc(P)ccc3n2)ncc1-c1ccccc1F. The molecule has 0 aliphatic heterocycles. The number of carbonyl (C=O) groups is 1. The van der Waals surface area contributed by atoms with Crippen LogP contribution in [0.15, 0.2) is 60.8 Å². The van der Waals surface area contributed by atoms with Gasteiger partial charge in [0.05, 0.1) is 24.0 Å². The van der Waals surface area contributed by atoms with E-state index >= 15 is 0 Å². The zero-order chi connectivity index (χ0) is 19.7. The van der Waals surface area contributed by atoms with Gasteiger partial charge in [-0.25, -0.2) is 9.37 Å². The minimum absolute atomic E-state index is 0.351. The first-order valence-corrected chi connectivity index (χ1v) is 9.13. The third-order valence-corrected chi connectivity index (χ3v) is 4.86. The van der Waals surface area contributed by atoms with Crippen LogP contribution in [0.3, 0.4) is 0 Å². The van der Waals surface area contributed by atoms with E-state index in [4.69, 9.17) is 4.74 Å². The zero-order valence-corrected chi connectivity index (χ0v) is 16.2. The Bertz CT molecular complexity index is 1210. The molecule has 138 valence electrons. The zero-order valence-electron chi connectivity index (χ0n) is 15.0. The number of halogens is 1. The number of ether oxygens (including phenoxy) is 1. The molecule has 0 amide bonds. The highest BCUT2D eigenvalue weighted by Crippen LogP contribution is 2.34. The highest BCUT2D eigenvalue weighted by Gasteiger charge is 2.14. The molecule has 0 spiro atoms. The Kier molecular flexibility index (Phi) is 4.84. The number of aromatic nitrogens is 2. The maximum absolute atomic E-state index is 14.2. The summed E-state index contributed by atoms with van der Waals surface area (Å²) in [5.74, 6) is 0.126. The predicted molar refractivity (Wildman–Crippen MR) is 112 cm³/mol. The quantitative estimate of drug-likeness (QED) is 0.382. The summed E-state index contributed by atoms with van der Waals surface area (Å²) in [6, 6.07) is 15.5. The van der Waals surface area contributed by atoms with Crippen molar-refractivity contribution in [2.45, 2.75) is 0 Å². The van der Waals surface area contributed by atoms with E-state index in [1.165, 1.54) is 13.2 Å². The summed E-state index contributed by atoms with van der Waals surface area (Å²) in [5.41, 5.74) is 3.27. The van der Waals surface area contributed by atoms with Gasteiger partial charge in [-0.15, -0.1) is 9.24 Å². The Morgan fingerprint density at radius 2 is 1.86 bits per heavy atom. The fourth-order valence-electron chi connectivity index (χ4n) is 3.13. The number of benzene rings is 2. The Hall–Kier alpha value is -3.17. The lowest BCUT2D eigenvalue weighted by molar-refractivity contribution is 0.112. The van der Waals surface area contributed by atoms with Gasteiger partial charge < -0.3 is 4.74 Å². The van der Waals surface area contributed by atoms with Crippen molar-refractivity contribution >= 4 is 31.7 Å². The van der Waals surface area contributed by atoms with Crippen LogP contribution in [-0.4, -0.2) is 23.4 Å². The molecule has 0 saturated carbocycles. The Morgan fingerprint density at radius 1 is 1.04 bits per heavy atom. The van der Waals surface area contributed by atoms with Crippen molar-refractivity contribution in [3.63, 3.8) is 0 Å². The molecular formula is C22H16FN2O2P. The topological polar surface area (TPSA) is 52.1 Å². The predicted octanol–water partition coefficient (Wildman–Crippen LogP) is 4.42. The van der Waals surface area contributed by atoms with E-state index in [1.54, 1.807) is 36.5 Å². The number of aldehydes is 1. The van der Waals surface area contributed by atoms with E-state index in [2.05, 4.69) is 19.2 Å².